The number of nitrogens with zero attached hydrogens (tertiary/aromatic N) is 1. The summed E-state index contributed by atoms with van der Waals surface area (Å²) >= 11 is 6.08. The lowest BCUT2D eigenvalue weighted by Crippen LogP contribution is -1.99. The fraction of sp³-hybridized carbons (Fsp3) is 0.222. The van der Waals surface area contributed by atoms with Gasteiger partial charge in [0, 0.05) is 28.7 Å². The molecule has 0 saturated carbocycles. The zero-order chi connectivity index (χ0) is 16.9. The topological polar surface area (TPSA) is 48.3 Å². The van der Waals surface area contributed by atoms with E-state index >= 15 is 0 Å². The molecule has 0 bridgehead atoms. The van der Waals surface area contributed by atoms with Gasteiger partial charge in [-0.3, -0.25) is 0 Å². The standard InChI is InChI=1S/C18H16ClNO3/c1-9(2)16-13(17(21)23-18(16)22)8-15-10(3)12-7-11(19)5-6-14(12)20(15)4/h5-8H,1-4H3/b13-8-. The number of carbonyl (C=O) groups is 2. The minimum absolute atomic E-state index is 0.301. The molecule has 0 atom stereocenters. The molecule has 2 aromatic rings. The lowest BCUT2D eigenvalue weighted by Gasteiger charge is -2.02. The van der Waals surface area contributed by atoms with Crippen molar-refractivity contribution in [1.29, 1.82) is 0 Å². The van der Waals surface area contributed by atoms with E-state index < -0.39 is 11.9 Å². The second-order valence-corrected chi connectivity index (χ2v) is 6.28. The van der Waals surface area contributed by atoms with Gasteiger partial charge in [0.1, 0.15) is 0 Å². The maximum atomic E-state index is 12.0. The molecule has 1 aromatic carbocycles. The molecule has 0 radical (unpaired) electrons. The van der Waals surface area contributed by atoms with Crippen LogP contribution in [-0.2, 0) is 21.4 Å². The number of hydrogen-bond donors (Lipinski definition) is 0. The number of ether oxygens (including phenoxy) is 1. The first-order chi connectivity index (χ1) is 10.8. The van der Waals surface area contributed by atoms with Crippen molar-refractivity contribution in [3.8, 4) is 0 Å². The molecule has 5 heteroatoms. The number of allylic oxidation sites excluding steroid dienone is 1. The summed E-state index contributed by atoms with van der Waals surface area (Å²) in [7, 11) is 1.92. The zero-order valence-electron chi connectivity index (χ0n) is 13.4. The first kappa shape index (κ1) is 15.6. The molecular formula is C18H16ClNO3. The van der Waals surface area contributed by atoms with Gasteiger partial charge in [0.05, 0.1) is 11.1 Å². The van der Waals surface area contributed by atoms with Gasteiger partial charge >= 0.3 is 11.9 Å². The zero-order valence-corrected chi connectivity index (χ0v) is 14.1. The monoisotopic (exact) mass is 329 g/mol. The van der Waals surface area contributed by atoms with Crippen molar-refractivity contribution in [3.63, 3.8) is 0 Å². The number of cyclic esters (lactones) is 2. The normalized spacial score (nSPS) is 16.6. The van der Waals surface area contributed by atoms with E-state index in [4.69, 9.17) is 16.3 Å². The van der Waals surface area contributed by atoms with Gasteiger partial charge < -0.3 is 9.30 Å². The Balaban J connectivity index is 2.27. The third-order valence-corrected chi connectivity index (χ3v) is 4.36. The van der Waals surface area contributed by atoms with Crippen LogP contribution in [0.5, 0.6) is 0 Å². The second kappa shape index (κ2) is 5.39. The molecule has 1 aliphatic heterocycles. The van der Waals surface area contributed by atoms with Crippen LogP contribution in [0, 0.1) is 6.92 Å². The molecule has 1 aromatic heterocycles. The van der Waals surface area contributed by atoms with Crippen molar-refractivity contribution in [2.24, 2.45) is 7.05 Å². The molecule has 3 rings (SSSR count). The maximum Gasteiger partial charge on any atom is 0.346 e. The highest BCUT2D eigenvalue weighted by atomic mass is 35.5. The number of esters is 2. The maximum absolute atomic E-state index is 12.0. The predicted octanol–water partition coefficient (Wildman–Crippen LogP) is 3.94. The van der Waals surface area contributed by atoms with Crippen LogP contribution in [0.1, 0.15) is 25.1 Å². The number of carbonyl (C=O) groups excluding carboxylic acids is 2. The second-order valence-electron chi connectivity index (χ2n) is 5.84. The largest absolute Gasteiger partial charge is 0.386 e. The fourth-order valence-electron chi connectivity index (χ4n) is 2.97. The van der Waals surface area contributed by atoms with Crippen LogP contribution < -0.4 is 0 Å². The number of fused-ring (bicyclic) bond motifs is 1. The predicted molar refractivity (Wildman–Crippen MR) is 90.1 cm³/mol. The van der Waals surface area contributed by atoms with E-state index in [9.17, 15) is 9.59 Å². The van der Waals surface area contributed by atoms with Crippen molar-refractivity contribution < 1.29 is 14.3 Å². The van der Waals surface area contributed by atoms with Gasteiger partial charge in [-0.1, -0.05) is 17.2 Å². The third kappa shape index (κ3) is 2.39. The van der Waals surface area contributed by atoms with Crippen LogP contribution in [0.15, 0.2) is 34.9 Å². The molecule has 23 heavy (non-hydrogen) atoms. The van der Waals surface area contributed by atoms with Crippen LogP contribution in [0.2, 0.25) is 5.02 Å². The van der Waals surface area contributed by atoms with Crippen LogP contribution in [0.25, 0.3) is 17.0 Å². The average molecular weight is 330 g/mol. The highest BCUT2D eigenvalue weighted by molar-refractivity contribution is 6.31. The van der Waals surface area contributed by atoms with E-state index in [0.717, 1.165) is 27.7 Å². The molecule has 1 fully saturated rings. The Morgan fingerprint density at radius 3 is 2.57 bits per heavy atom. The lowest BCUT2D eigenvalue weighted by atomic mass is 10.0. The third-order valence-electron chi connectivity index (χ3n) is 4.13. The Morgan fingerprint density at radius 1 is 1.22 bits per heavy atom. The first-order valence-electron chi connectivity index (χ1n) is 7.22. The van der Waals surface area contributed by atoms with E-state index in [1.165, 1.54) is 0 Å². The van der Waals surface area contributed by atoms with E-state index in [0.29, 0.717) is 16.2 Å². The number of rotatable bonds is 1. The number of aryl methyl sites for hydroxylation is 2. The Morgan fingerprint density at radius 2 is 1.91 bits per heavy atom. The Hall–Kier alpha value is -2.33. The summed E-state index contributed by atoms with van der Waals surface area (Å²) in [5, 5.41) is 1.68. The quantitative estimate of drug-likeness (QED) is 0.452. The smallest absolute Gasteiger partial charge is 0.346 e. The summed E-state index contributed by atoms with van der Waals surface area (Å²) in [6, 6.07) is 5.66. The van der Waals surface area contributed by atoms with Crippen molar-refractivity contribution >= 4 is 40.5 Å². The molecule has 118 valence electrons. The van der Waals surface area contributed by atoms with Gasteiger partial charge in [-0.15, -0.1) is 0 Å². The van der Waals surface area contributed by atoms with Crippen molar-refractivity contribution in [3.05, 3.63) is 51.2 Å². The van der Waals surface area contributed by atoms with Gasteiger partial charge in [0.15, 0.2) is 0 Å². The summed E-state index contributed by atoms with van der Waals surface area (Å²) in [6.45, 7) is 5.55. The van der Waals surface area contributed by atoms with Crippen molar-refractivity contribution in [2.75, 3.05) is 0 Å². The lowest BCUT2D eigenvalue weighted by molar-refractivity contribution is -0.149. The van der Waals surface area contributed by atoms with Gasteiger partial charge in [-0.25, -0.2) is 9.59 Å². The van der Waals surface area contributed by atoms with Gasteiger partial charge in [0.25, 0.3) is 0 Å². The molecule has 2 heterocycles. The molecule has 1 saturated heterocycles. The van der Waals surface area contributed by atoms with Crippen molar-refractivity contribution in [1.82, 2.24) is 4.57 Å². The van der Waals surface area contributed by atoms with E-state index in [1.54, 1.807) is 19.9 Å². The van der Waals surface area contributed by atoms with Gasteiger partial charge in [-0.2, -0.15) is 0 Å². The summed E-state index contributed by atoms with van der Waals surface area (Å²) in [4.78, 5) is 23.9. The average Bonchev–Trinajstić information content (AvgIpc) is 2.88. The van der Waals surface area contributed by atoms with Gasteiger partial charge in [-0.05, 0) is 50.6 Å². The highest BCUT2D eigenvalue weighted by Crippen LogP contribution is 2.32. The minimum Gasteiger partial charge on any atom is -0.386 e. The molecule has 4 nitrogen and oxygen atoms in total. The molecule has 0 unspecified atom stereocenters. The first-order valence-corrected chi connectivity index (χ1v) is 7.59. The van der Waals surface area contributed by atoms with Crippen LogP contribution >= 0.6 is 11.6 Å². The summed E-state index contributed by atoms with van der Waals surface area (Å²) < 4.78 is 6.74. The number of hydrogen-bond acceptors (Lipinski definition) is 3. The van der Waals surface area contributed by atoms with Crippen molar-refractivity contribution in [2.45, 2.75) is 20.8 Å². The van der Waals surface area contributed by atoms with Crippen LogP contribution in [0.4, 0.5) is 0 Å². The fourth-order valence-corrected chi connectivity index (χ4v) is 3.14. The number of halogens is 1. The molecule has 0 spiro atoms. The van der Waals surface area contributed by atoms with Crippen LogP contribution in [-0.4, -0.2) is 16.5 Å². The highest BCUT2D eigenvalue weighted by Gasteiger charge is 2.34. The van der Waals surface area contributed by atoms with Gasteiger partial charge in [0.2, 0.25) is 0 Å². The number of aromatic nitrogens is 1. The minimum atomic E-state index is -0.603. The Labute approximate surface area is 139 Å². The number of benzene rings is 1. The summed E-state index contributed by atoms with van der Waals surface area (Å²) in [5.41, 5.74) is 4.26. The van der Waals surface area contributed by atoms with E-state index in [2.05, 4.69) is 0 Å². The molecule has 0 N–H and O–H groups in total. The molecule has 0 aliphatic carbocycles. The molecular weight excluding hydrogens is 314 g/mol. The van der Waals surface area contributed by atoms with Crippen LogP contribution in [0.3, 0.4) is 0 Å². The Bertz CT molecular complexity index is 927. The Kier molecular flexibility index (Phi) is 3.65. The van der Waals surface area contributed by atoms with E-state index in [-0.39, 0.29) is 0 Å². The summed E-state index contributed by atoms with van der Waals surface area (Å²) in [6.07, 6.45) is 1.72. The molecule has 1 aliphatic rings. The molecule has 0 amide bonds. The van der Waals surface area contributed by atoms with E-state index in [1.807, 2.05) is 36.7 Å². The summed E-state index contributed by atoms with van der Waals surface area (Å²) in [5.74, 6) is -1.19. The SMILES string of the molecule is CC(C)=C1C(=O)OC(=O)/C1=C\c1c(C)c2cc(Cl)ccc2n1C.